The summed E-state index contributed by atoms with van der Waals surface area (Å²) in [7, 11) is 0. The second-order valence-electron chi connectivity index (χ2n) is 4.56. The van der Waals surface area contributed by atoms with Crippen LogP contribution in [0.1, 0.15) is 21.4 Å². The summed E-state index contributed by atoms with van der Waals surface area (Å²) >= 11 is 11.7. The molecular formula is C14H11BrClNO2S. The first kappa shape index (κ1) is 13.9. The van der Waals surface area contributed by atoms with E-state index >= 15 is 0 Å². The van der Waals surface area contributed by atoms with E-state index < -0.39 is 0 Å². The number of hydrogen-bond acceptors (Lipinski definition) is 3. The second-order valence-corrected chi connectivity index (χ2v) is 7.40. The fraction of sp³-hybridized carbons (Fsp3) is 0.214. The van der Waals surface area contributed by atoms with Gasteiger partial charge in [0.25, 0.3) is 5.91 Å². The molecule has 6 heteroatoms. The van der Waals surface area contributed by atoms with E-state index in [0.717, 1.165) is 14.2 Å². The Balaban J connectivity index is 1.94. The van der Waals surface area contributed by atoms with Crippen molar-refractivity contribution < 1.29 is 9.53 Å². The Kier molecular flexibility index (Phi) is 3.75. The minimum Gasteiger partial charge on any atom is -0.482 e. The Hall–Kier alpha value is -1.04. The van der Waals surface area contributed by atoms with E-state index in [1.54, 1.807) is 11.3 Å². The predicted octanol–water partition coefficient (Wildman–Crippen LogP) is 4.48. The van der Waals surface area contributed by atoms with Gasteiger partial charge < -0.3 is 10.1 Å². The fourth-order valence-electron chi connectivity index (χ4n) is 2.03. The number of carbonyl (C=O) groups excluding carboxylic acids is 1. The van der Waals surface area contributed by atoms with Gasteiger partial charge in [-0.1, -0.05) is 6.07 Å². The van der Waals surface area contributed by atoms with Crippen LogP contribution in [0.15, 0.2) is 28.1 Å². The topological polar surface area (TPSA) is 38.3 Å². The van der Waals surface area contributed by atoms with Gasteiger partial charge in [-0.25, -0.2) is 0 Å². The maximum atomic E-state index is 11.4. The van der Waals surface area contributed by atoms with Gasteiger partial charge in [0.2, 0.25) is 0 Å². The van der Waals surface area contributed by atoms with Gasteiger partial charge in [0.1, 0.15) is 5.75 Å². The Labute approximate surface area is 134 Å². The molecule has 2 aromatic rings. The first-order valence-corrected chi connectivity index (χ1v) is 8.05. The molecule has 0 spiro atoms. The number of benzene rings is 1. The van der Waals surface area contributed by atoms with Gasteiger partial charge in [0, 0.05) is 4.88 Å². The highest BCUT2D eigenvalue weighted by Crippen LogP contribution is 2.40. The standard InChI is InChI=1S/C14H11BrClNO2S/c1-7-4-11(20-14(7)15)13(16)8-2-3-10-9(5-8)17-12(18)6-19-10/h2-5,13H,6H2,1H3,(H,17,18). The van der Waals surface area contributed by atoms with Crippen molar-refractivity contribution in [3.63, 3.8) is 0 Å². The van der Waals surface area contributed by atoms with Crippen LogP contribution in [-0.4, -0.2) is 12.5 Å². The van der Waals surface area contributed by atoms with Crippen molar-refractivity contribution in [3.8, 4) is 5.75 Å². The van der Waals surface area contributed by atoms with Crippen molar-refractivity contribution in [1.82, 2.24) is 0 Å². The lowest BCUT2D eigenvalue weighted by molar-refractivity contribution is -0.118. The third kappa shape index (κ3) is 2.57. The van der Waals surface area contributed by atoms with Crippen molar-refractivity contribution in [2.24, 2.45) is 0 Å². The van der Waals surface area contributed by atoms with Crippen LogP contribution in [0.25, 0.3) is 0 Å². The van der Waals surface area contributed by atoms with Crippen molar-refractivity contribution in [3.05, 3.63) is 44.1 Å². The van der Waals surface area contributed by atoms with Gasteiger partial charge in [-0.3, -0.25) is 4.79 Å². The number of alkyl halides is 1. The molecule has 20 heavy (non-hydrogen) atoms. The molecular weight excluding hydrogens is 362 g/mol. The molecule has 0 bridgehead atoms. The first-order chi connectivity index (χ1) is 9.54. The summed E-state index contributed by atoms with van der Waals surface area (Å²) in [5.41, 5.74) is 2.78. The third-order valence-corrected chi connectivity index (χ3v) is 5.87. The lowest BCUT2D eigenvalue weighted by Crippen LogP contribution is -2.25. The minimum absolute atomic E-state index is 0.0632. The van der Waals surface area contributed by atoms with Crippen LogP contribution in [0.3, 0.4) is 0 Å². The average molecular weight is 373 g/mol. The summed E-state index contributed by atoms with van der Waals surface area (Å²) in [5, 5.41) is 2.55. The summed E-state index contributed by atoms with van der Waals surface area (Å²) < 4.78 is 6.43. The summed E-state index contributed by atoms with van der Waals surface area (Å²) in [6, 6.07) is 7.71. The highest BCUT2D eigenvalue weighted by atomic mass is 79.9. The molecule has 1 aliphatic rings. The third-order valence-electron chi connectivity index (χ3n) is 3.06. The number of ether oxygens (including phenoxy) is 1. The number of amides is 1. The molecule has 1 unspecified atom stereocenters. The summed E-state index contributed by atoms with van der Waals surface area (Å²) in [4.78, 5) is 12.4. The Morgan fingerprint density at radius 1 is 1.45 bits per heavy atom. The van der Waals surface area contributed by atoms with Crippen LogP contribution in [0.2, 0.25) is 0 Å². The Bertz CT molecular complexity index is 666. The molecule has 3 nitrogen and oxygen atoms in total. The van der Waals surface area contributed by atoms with Crippen LogP contribution in [-0.2, 0) is 4.79 Å². The van der Waals surface area contributed by atoms with Gasteiger partial charge in [-0.05, 0) is 52.2 Å². The number of nitrogens with one attached hydrogen (secondary N) is 1. The van der Waals surface area contributed by atoms with Gasteiger partial charge in [0.05, 0.1) is 14.9 Å². The van der Waals surface area contributed by atoms with Crippen molar-refractivity contribution >= 4 is 50.5 Å². The molecule has 1 amide bonds. The summed E-state index contributed by atoms with van der Waals surface area (Å²) in [6.07, 6.45) is 0. The fourth-order valence-corrected chi connectivity index (χ4v) is 3.94. The molecule has 0 radical (unpaired) electrons. The minimum atomic E-state index is -0.242. The lowest BCUT2D eigenvalue weighted by Gasteiger charge is -2.19. The van der Waals surface area contributed by atoms with Crippen LogP contribution < -0.4 is 10.1 Å². The molecule has 1 N–H and O–H groups in total. The van der Waals surface area contributed by atoms with Crippen molar-refractivity contribution in [2.75, 3.05) is 11.9 Å². The number of fused-ring (bicyclic) bond motifs is 1. The predicted molar refractivity (Wildman–Crippen MR) is 85.0 cm³/mol. The molecule has 3 rings (SSSR count). The summed E-state index contributed by atoms with van der Waals surface area (Å²) in [5.74, 6) is 0.538. The zero-order valence-electron chi connectivity index (χ0n) is 10.6. The SMILES string of the molecule is Cc1cc(C(Cl)c2ccc3c(c2)NC(=O)CO3)sc1Br. The molecule has 104 valence electrons. The number of aryl methyl sites for hydroxylation is 1. The van der Waals surface area contributed by atoms with Gasteiger partial charge in [-0.15, -0.1) is 22.9 Å². The van der Waals surface area contributed by atoms with Crippen LogP contribution in [0.4, 0.5) is 5.69 Å². The lowest BCUT2D eigenvalue weighted by atomic mass is 10.1. The number of anilines is 1. The number of halogens is 2. The zero-order valence-corrected chi connectivity index (χ0v) is 13.7. The largest absolute Gasteiger partial charge is 0.482 e. The zero-order chi connectivity index (χ0) is 14.3. The molecule has 1 aromatic heterocycles. The number of thiophene rings is 1. The highest BCUT2D eigenvalue weighted by molar-refractivity contribution is 9.11. The molecule has 1 aliphatic heterocycles. The normalized spacial score (nSPS) is 15.2. The number of hydrogen-bond donors (Lipinski definition) is 1. The quantitative estimate of drug-likeness (QED) is 0.789. The molecule has 0 saturated heterocycles. The average Bonchev–Trinajstić information content (AvgIpc) is 2.77. The second kappa shape index (κ2) is 5.39. The van der Waals surface area contributed by atoms with Crippen molar-refractivity contribution in [2.45, 2.75) is 12.3 Å². The van der Waals surface area contributed by atoms with E-state index in [9.17, 15) is 4.79 Å². The molecule has 0 fully saturated rings. The van der Waals surface area contributed by atoms with E-state index in [4.69, 9.17) is 16.3 Å². The molecule has 2 heterocycles. The van der Waals surface area contributed by atoms with Crippen molar-refractivity contribution in [1.29, 1.82) is 0 Å². The van der Waals surface area contributed by atoms with Crippen LogP contribution >= 0.6 is 38.9 Å². The molecule has 1 aromatic carbocycles. The van der Waals surface area contributed by atoms with E-state index in [1.165, 1.54) is 5.56 Å². The maximum absolute atomic E-state index is 11.4. The monoisotopic (exact) mass is 371 g/mol. The van der Waals surface area contributed by atoms with E-state index in [1.807, 2.05) is 25.1 Å². The maximum Gasteiger partial charge on any atom is 0.262 e. The highest BCUT2D eigenvalue weighted by Gasteiger charge is 2.20. The van der Waals surface area contributed by atoms with E-state index in [0.29, 0.717) is 11.4 Å². The summed E-state index contributed by atoms with van der Waals surface area (Å²) in [6.45, 7) is 2.10. The van der Waals surface area contributed by atoms with Gasteiger partial charge in [-0.2, -0.15) is 0 Å². The molecule has 0 aliphatic carbocycles. The first-order valence-electron chi connectivity index (χ1n) is 6.01. The number of rotatable bonds is 2. The van der Waals surface area contributed by atoms with E-state index in [2.05, 4.69) is 27.3 Å². The van der Waals surface area contributed by atoms with Gasteiger partial charge in [0.15, 0.2) is 6.61 Å². The van der Waals surface area contributed by atoms with E-state index in [-0.39, 0.29) is 17.9 Å². The Morgan fingerprint density at radius 2 is 2.25 bits per heavy atom. The van der Waals surface area contributed by atoms with Gasteiger partial charge >= 0.3 is 0 Å². The smallest absolute Gasteiger partial charge is 0.262 e. The molecule has 1 atom stereocenters. The Morgan fingerprint density at radius 3 is 2.95 bits per heavy atom. The van der Waals surface area contributed by atoms with Crippen LogP contribution in [0.5, 0.6) is 5.75 Å². The molecule has 0 saturated carbocycles. The number of carbonyl (C=O) groups is 1. The van der Waals surface area contributed by atoms with Crippen LogP contribution in [0, 0.1) is 6.92 Å².